The van der Waals surface area contributed by atoms with Crippen molar-refractivity contribution in [2.75, 3.05) is 25.6 Å². The first-order chi connectivity index (χ1) is 9.47. The Balaban J connectivity index is 2.77. The summed E-state index contributed by atoms with van der Waals surface area (Å²) in [7, 11) is 1.51. The highest BCUT2D eigenvalue weighted by molar-refractivity contribution is 5.95. The summed E-state index contributed by atoms with van der Waals surface area (Å²) in [6.07, 6.45) is 0. The molecular formula is C13H17FN2O4. The minimum Gasteiger partial charge on any atom is -0.478 e. The van der Waals surface area contributed by atoms with E-state index in [4.69, 9.17) is 9.84 Å². The second kappa shape index (κ2) is 7.44. The van der Waals surface area contributed by atoms with Crippen molar-refractivity contribution in [3.05, 3.63) is 29.6 Å². The van der Waals surface area contributed by atoms with Gasteiger partial charge in [-0.05, 0) is 19.1 Å². The lowest BCUT2D eigenvalue weighted by Crippen LogP contribution is -2.39. The minimum absolute atomic E-state index is 0.200. The summed E-state index contributed by atoms with van der Waals surface area (Å²) in [6, 6.07) is 2.92. The standard InChI is InChI=1S/C13H17FN2O4/c1-8(12(17)15-6-7-20-2)16-11-9(13(18)19)4-3-5-10(11)14/h3-5,8,16H,6-7H2,1-2H3,(H,15,17)(H,18,19). The molecule has 1 unspecified atom stereocenters. The Kier molecular flexibility index (Phi) is 5.92. The zero-order chi connectivity index (χ0) is 15.1. The number of ether oxygens (including phenoxy) is 1. The van der Waals surface area contributed by atoms with Gasteiger partial charge in [-0.1, -0.05) is 6.07 Å². The highest BCUT2D eigenvalue weighted by atomic mass is 19.1. The fraction of sp³-hybridized carbons (Fsp3) is 0.385. The first-order valence-electron chi connectivity index (χ1n) is 6.02. The Bertz CT molecular complexity index is 493. The van der Waals surface area contributed by atoms with Crippen LogP contribution in [0, 0.1) is 5.82 Å². The molecule has 0 bridgehead atoms. The van der Waals surface area contributed by atoms with E-state index >= 15 is 0 Å². The summed E-state index contributed by atoms with van der Waals surface area (Å²) >= 11 is 0. The molecule has 0 saturated heterocycles. The average Bonchev–Trinajstić information content (AvgIpc) is 2.40. The zero-order valence-corrected chi connectivity index (χ0v) is 11.3. The number of carboxylic acids is 1. The molecule has 0 radical (unpaired) electrons. The SMILES string of the molecule is COCCNC(=O)C(C)Nc1c(F)cccc1C(=O)O. The molecule has 1 aromatic carbocycles. The van der Waals surface area contributed by atoms with Gasteiger partial charge >= 0.3 is 5.97 Å². The lowest BCUT2D eigenvalue weighted by molar-refractivity contribution is -0.121. The van der Waals surface area contributed by atoms with Crippen molar-refractivity contribution in [3.63, 3.8) is 0 Å². The summed E-state index contributed by atoms with van der Waals surface area (Å²) in [4.78, 5) is 22.7. The molecule has 0 aliphatic heterocycles. The number of hydrogen-bond acceptors (Lipinski definition) is 4. The van der Waals surface area contributed by atoms with Gasteiger partial charge < -0.3 is 20.5 Å². The second-order valence-corrected chi connectivity index (χ2v) is 4.12. The predicted octanol–water partition coefficient (Wildman–Crippen LogP) is 1.09. The van der Waals surface area contributed by atoms with Gasteiger partial charge in [-0.3, -0.25) is 4.79 Å². The maximum absolute atomic E-state index is 13.7. The molecule has 0 heterocycles. The number of para-hydroxylation sites is 1. The molecule has 0 spiro atoms. The molecule has 1 amide bonds. The van der Waals surface area contributed by atoms with Crippen molar-refractivity contribution in [2.45, 2.75) is 13.0 Å². The number of halogens is 1. The van der Waals surface area contributed by atoms with Crippen LogP contribution in [0.25, 0.3) is 0 Å². The number of carbonyl (C=O) groups excluding carboxylic acids is 1. The van der Waals surface area contributed by atoms with Gasteiger partial charge in [0.1, 0.15) is 11.9 Å². The van der Waals surface area contributed by atoms with E-state index in [0.717, 1.165) is 6.07 Å². The van der Waals surface area contributed by atoms with E-state index in [1.165, 1.54) is 26.2 Å². The van der Waals surface area contributed by atoms with E-state index in [1.54, 1.807) is 0 Å². The number of methoxy groups -OCH3 is 1. The molecule has 0 aliphatic rings. The molecule has 6 nitrogen and oxygen atoms in total. The molecule has 0 aliphatic carbocycles. The van der Waals surface area contributed by atoms with E-state index in [2.05, 4.69) is 10.6 Å². The summed E-state index contributed by atoms with van der Waals surface area (Å²) in [5.41, 5.74) is -0.420. The molecule has 110 valence electrons. The van der Waals surface area contributed by atoms with E-state index < -0.39 is 17.8 Å². The smallest absolute Gasteiger partial charge is 0.337 e. The van der Waals surface area contributed by atoms with Crippen molar-refractivity contribution >= 4 is 17.6 Å². The highest BCUT2D eigenvalue weighted by Crippen LogP contribution is 2.20. The molecule has 20 heavy (non-hydrogen) atoms. The van der Waals surface area contributed by atoms with Crippen molar-refractivity contribution in [1.29, 1.82) is 0 Å². The van der Waals surface area contributed by atoms with Gasteiger partial charge in [-0.25, -0.2) is 9.18 Å². The van der Waals surface area contributed by atoms with Crippen LogP contribution in [0.4, 0.5) is 10.1 Å². The third kappa shape index (κ3) is 4.20. The van der Waals surface area contributed by atoms with Crippen LogP contribution in [0.2, 0.25) is 0 Å². The molecule has 1 atom stereocenters. The van der Waals surface area contributed by atoms with Crippen molar-refractivity contribution < 1.29 is 23.8 Å². The number of nitrogens with one attached hydrogen (secondary N) is 2. The molecular weight excluding hydrogens is 267 g/mol. The number of benzene rings is 1. The van der Waals surface area contributed by atoms with Crippen molar-refractivity contribution in [1.82, 2.24) is 5.32 Å². The number of aromatic carboxylic acids is 1. The summed E-state index contributed by atoms with van der Waals surface area (Å²) in [6.45, 7) is 2.20. The molecule has 0 aromatic heterocycles. The van der Waals surface area contributed by atoms with Gasteiger partial charge in [-0.15, -0.1) is 0 Å². The summed E-state index contributed by atoms with van der Waals surface area (Å²) in [5.74, 6) is -2.36. The van der Waals surface area contributed by atoms with Crippen LogP contribution in [0.3, 0.4) is 0 Å². The number of hydrogen-bond donors (Lipinski definition) is 3. The fourth-order valence-corrected chi connectivity index (χ4v) is 1.56. The van der Waals surface area contributed by atoms with Crippen LogP contribution in [-0.2, 0) is 9.53 Å². The fourth-order valence-electron chi connectivity index (χ4n) is 1.56. The van der Waals surface area contributed by atoms with Gasteiger partial charge in [0, 0.05) is 13.7 Å². The van der Waals surface area contributed by atoms with E-state index in [9.17, 15) is 14.0 Å². The molecule has 0 fully saturated rings. The lowest BCUT2D eigenvalue weighted by atomic mass is 10.1. The van der Waals surface area contributed by atoms with E-state index in [-0.39, 0.29) is 17.2 Å². The largest absolute Gasteiger partial charge is 0.478 e. The molecule has 3 N–H and O–H groups in total. The number of amides is 1. The lowest BCUT2D eigenvalue weighted by Gasteiger charge is -2.17. The maximum atomic E-state index is 13.7. The Morgan fingerprint density at radius 3 is 2.75 bits per heavy atom. The van der Waals surface area contributed by atoms with Gasteiger partial charge in [0.05, 0.1) is 17.9 Å². The summed E-state index contributed by atoms with van der Waals surface area (Å²) < 4.78 is 18.5. The Morgan fingerprint density at radius 2 is 2.15 bits per heavy atom. The first kappa shape index (κ1) is 15.9. The van der Waals surface area contributed by atoms with Gasteiger partial charge in [-0.2, -0.15) is 0 Å². The normalized spacial score (nSPS) is 11.8. The average molecular weight is 284 g/mol. The van der Waals surface area contributed by atoms with Gasteiger partial charge in [0.25, 0.3) is 0 Å². The Labute approximate surface area is 115 Å². The third-order valence-electron chi connectivity index (χ3n) is 2.60. The third-order valence-corrected chi connectivity index (χ3v) is 2.60. The zero-order valence-electron chi connectivity index (χ0n) is 11.3. The molecule has 1 aromatic rings. The number of carboxylic acid groups (broad SMARTS) is 1. The highest BCUT2D eigenvalue weighted by Gasteiger charge is 2.19. The van der Waals surface area contributed by atoms with Crippen molar-refractivity contribution in [3.8, 4) is 0 Å². The monoisotopic (exact) mass is 284 g/mol. The molecule has 0 saturated carbocycles. The minimum atomic E-state index is -1.26. The Morgan fingerprint density at radius 1 is 1.45 bits per heavy atom. The topological polar surface area (TPSA) is 87.7 Å². The van der Waals surface area contributed by atoms with E-state index in [0.29, 0.717) is 13.2 Å². The first-order valence-corrected chi connectivity index (χ1v) is 6.02. The Hall–Kier alpha value is -2.15. The van der Waals surface area contributed by atoms with Crippen LogP contribution in [0.1, 0.15) is 17.3 Å². The number of rotatable bonds is 7. The number of carbonyl (C=O) groups is 2. The predicted molar refractivity (Wildman–Crippen MR) is 71.3 cm³/mol. The van der Waals surface area contributed by atoms with Crippen LogP contribution >= 0.6 is 0 Å². The van der Waals surface area contributed by atoms with Gasteiger partial charge in [0.2, 0.25) is 5.91 Å². The van der Waals surface area contributed by atoms with E-state index in [1.807, 2.05) is 0 Å². The number of anilines is 1. The van der Waals surface area contributed by atoms with Crippen LogP contribution < -0.4 is 10.6 Å². The quantitative estimate of drug-likeness (QED) is 0.652. The second-order valence-electron chi connectivity index (χ2n) is 4.12. The van der Waals surface area contributed by atoms with Crippen LogP contribution in [0.15, 0.2) is 18.2 Å². The molecule has 7 heteroatoms. The maximum Gasteiger partial charge on any atom is 0.337 e. The van der Waals surface area contributed by atoms with Crippen LogP contribution in [-0.4, -0.2) is 43.3 Å². The molecule has 1 rings (SSSR count). The summed E-state index contributed by atoms with van der Waals surface area (Å²) in [5, 5.41) is 14.1. The van der Waals surface area contributed by atoms with Gasteiger partial charge in [0.15, 0.2) is 0 Å². The van der Waals surface area contributed by atoms with Crippen molar-refractivity contribution in [2.24, 2.45) is 0 Å². The van der Waals surface area contributed by atoms with Crippen LogP contribution in [0.5, 0.6) is 0 Å².